The fourth-order valence-electron chi connectivity index (χ4n) is 1.94. The van der Waals surface area contributed by atoms with Crippen LogP contribution in [0.15, 0.2) is 18.2 Å². The number of benzene rings is 1. The Morgan fingerprint density at radius 3 is 3.06 bits per heavy atom. The topological polar surface area (TPSA) is 81.0 Å². The summed E-state index contributed by atoms with van der Waals surface area (Å²) in [5.74, 6) is -0.504. The number of carbonyl (C=O) groups is 1. The summed E-state index contributed by atoms with van der Waals surface area (Å²) < 4.78 is 5.02. The third-order valence-electron chi connectivity index (χ3n) is 2.70. The van der Waals surface area contributed by atoms with Gasteiger partial charge in [-0.25, -0.2) is 0 Å². The number of hydrogen-bond donors (Lipinski definition) is 2. The molecular formula is C12H15N3O2. The molecule has 2 rings (SSSR count). The second-order valence-electron chi connectivity index (χ2n) is 3.87. The van der Waals surface area contributed by atoms with Crippen molar-refractivity contribution >= 4 is 16.8 Å². The van der Waals surface area contributed by atoms with E-state index in [0.29, 0.717) is 12.3 Å². The minimum Gasteiger partial charge on any atom is -0.385 e. The number of hydrogen-bond acceptors (Lipinski definition) is 3. The molecule has 90 valence electrons. The molecule has 17 heavy (non-hydrogen) atoms. The number of aromatic nitrogens is 2. The summed E-state index contributed by atoms with van der Waals surface area (Å²) in [6.45, 7) is 0.695. The van der Waals surface area contributed by atoms with Gasteiger partial charge in [-0.2, -0.15) is 5.10 Å². The fraction of sp³-hybridized carbons (Fsp3) is 0.333. The van der Waals surface area contributed by atoms with Gasteiger partial charge in [0, 0.05) is 19.1 Å². The number of aryl methyl sites for hydroxylation is 1. The number of H-pyrrole nitrogens is 1. The van der Waals surface area contributed by atoms with E-state index >= 15 is 0 Å². The highest BCUT2D eigenvalue weighted by molar-refractivity contribution is 6.05. The van der Waals surface area contributed by atoms with Crippen molar-refractivity contribution in [3.05, 3.63) is 29.5 Å². The van der Waals surface area contributed by atoms with Crippen LogP contribution in [0.2, 0.25) is 0 Å². The van der Waals surface area contributed by atoms with Crippen LogP contribution in [0.1, 0.15) is 22.5 Å². The summed E-state index contributed by atoms with van der Waals surface area (Å²) >= 11 is 0. The SMILES string of the molecule is COCCCc1cccc2[nH]nc(C(N)=O)c12. The first-order valence-corrected chi connectivity index (χ1v) is 5.48. The minimum absolute atomic E-state index is 0.313. The minimum atomic E-state index is -0.504. The highest BCUT2D eigenvalue weighted by Crippen LogP contribution is 2.21. The Morgan fingerprint density at radius 1 is 1.53 bits per heavy atom. The van der Waals surface area contributed by atoms with E-state index in [2.05, 4.69) is 10.2 Å². The van der Waals surface area contributed by atoms with Gasteiger partial charge in [-0.1, -0.05) is 12.1 Å². The molecule has 0 spiro atoms. The average Bonchev–Trinajstić information content (AvgIpc) is 2.74. The second kappa shape index (κ2) is 4.97. The molecule has 3 N–H and O–H groups in total. The zero-order chi connectivity index (χ0) is 12.3. The summed E-state index contributed by atoms with van der Waals surface area (Å²) in [4.78, 5) is 11.3. The Kier molecular flexibility index (Phi) is 3.39. The van der Waals surface area contributed by atoms with Crippen LogP contribution in [-0.2, 0) is 11.2 Å². The van der Waals surface area contributed by atoms with Gasteiger partial charge in [-0.15, -0.1) is 0 Å². The molecule has 0 fully saturated rings. The van der Waals surface area contributed by atoms with E-state index in [-0.39, 0.29) is 0 Å². The normalized spacial score (nSPS) is 10.9. The van der Waals surface area contributed by atoms with E-state index in [1.807, 2.05) is 18.2 Å². The zero-order valence-electron chi connectivity index (χ0n) is 9.69. The van der Waals surface area contributed by atoms with Gasteiger partial charge in [0.25, 0.3) is 5.91 Å². The van der Waals surface area contributed by atoms with Gasteiger partial charge in [-0.3, -0.25) is 9.89 Å². The molecule has 0 aliphatic carbocycles. The molecule has 1 heterocycles. The summed E-state index contributed by atoms with van der Waals surface area (Å²) in [5.41, 5.74) is 7.53. The third-order valence-corrected chi connectivity index (χ3v) is 2.70. The average molecular weight is 233 g/mol. The molecule has 0 radical (unpaired) electrons. The van der Waals surface area contributed by atoms with Gasteiger partial charge < -0.3 is 10.5 Å². The van der Waals surface area contributed by atoms with Gasteiger partial charge >= 0.3 is 0 Å². The number of nitrogens with one attached hydrogen (secondary N) is 1. The molecule has 0 atom stereocenters. The predicted octanol–water partition coefficient (Wildman–Crippen LogP) is 1.24. The van der Waals surface area contributed by atoms with Crippen LogP contribution in [0, 0.1) is 0 Å². The first-order valence-electron chi connectivity index (χ1n) is 5.48. The second-order valence-corrected chi connectivity index (χ2v) is 3.87. The summed E-state index contributed by atoms with van der Waals surface area (Å²) in [7, 11) is 1.67. The highest BCUT2D eigenvalue weighted by atomic mass is 16.5. The maximum Gasteiger partial charge on any atom is 0.269 e. The Labute approximate surface area is 98.9 Å². The molecule has 5 nitrogen and oxygen atoms in total. The lowest BCUT2D eigenvalue weighted by atomic mass is 10.0. The molecule has 0 aliphatic heterocycles. The lowest BCUT2D eigenvalue weighted by Gasteiger charge is -2.03. The van der Waals surface area contributed by atoms with Crippen molar-refractivity contribution in [2.24, 2.45) is 5.73 Å². The van der Waals surface area contributed by atoms with Gasteiger partial charge in [0.2, 0.25) is 0 Å². The number of carbonyl (C=O) groups excluding carboxylic acids is 1. The first kappa shape index (κ1) is 11.6. The van der Waals surface area contributed by atoms with Crippen LogP contribution in [0.25, 0.3) is 10.9 Å². The molecule has 0 aliphatic rings. The molecule has 1 aromatic carbocycles. The Bertz CT molecular complexity index is 534. The highest BCUT2D eigenvalue weighted by Gasteiger charge is 2.13. The van der Waals surface area contributed by atoms with Crippen molar-refractivity contribution in [3.63, 3.8) is 0 Å². The lowest BCUT2D eigenvalue weighted by molar-refractivity contribution is 0.0997. The van der Waals surface area contributed by atoms with Crippen LogP contribution >= 0.6 is 0 Å². The summed E-state index contributed by atoms with van der Waals surface area (Å²) in [6, 6.07) is 5.81. The van der Waals surface area contributed by atoms with Crippen LogP contribution in [-0.4, -0.2) is 29.8 Å². The molecule has 0 saturated heterocycles. The van der Waals surface area contributed by atoms with Crippen LogP contribution < -0.4 is 5.73 Å². The molecule has 0 bridgehead atoms. The number of amides is 1. The molecule has 2 aromatic rings. The monoisotopic (exact) mass is 233 g/mol. The van der Waals surface area contributed by atoms with Crippen molar-refractivity contribution in [3.8, 4) is 0 Å². The van der Waals surface area contributed by atoms with Gasteiger partial charge in [-0.05, 0) is 24.5 Å². The smallest absolute Gasteiger partial charge is 0.269 e. The van der Waals surface area contributed by atoms with E-state index in [4.69, 9.17) is 10.5 Å². The Hall–Kier alpha value is -1.88. The molecule has 1 amide bonds. The largest absolute Gasteiger partial charge is 0.385 e. The number of primary amides is 1. The molecular weight excluding hydrogens is 218 g/mol. The maximum absolute atomic E-state index is 11.3. The Morgan fingerprint density at radius 2 is 2.35 bits per heavy atom. The number of rotatable bonds is 5. The van der Waals surface area contributed by atoms with E-state index in [1.165, 1.54) is 0 Å². The van der Waals surface area contributed by atoms with Gasteiger partial charge in [0.05, 0.1) is 5.52 Å². The van der Waals surface area contributed by atoms with Crippen molar-refractivity contribution in [2.45, 2.75) is 12.8 Å². The summed E-state index contributed by atoms with van der Waals surface area (Å²) in [5, 5.41) is 7.60. The lowest BCUT2D eigenvalue weighted by Crippen LogP contribution is -2.12. The van der Waals surface area contributed by atoms with E-state index < -0.39 is 5.91 Å². The van der Waals surface area contributed by atoms with Crippen LogP contribution in [0.5, 0.6) is 0 Å². The standard InChI is InChI=1S/C12H15N3O2/c1-17-7-3-5-8-4-2-6-9-10(8)11(12(13)16)15-14-9/h2,4,6H,3,5,7H2,1H3,(H2,13,16)(H,14,15). The number of nitrogens with two attached hydrogens (primary N) is 1. The quantitative estimate of drug-likeness (QED) is 0.762. The van der Waals surface area contributed by atoms with E-state index in [0.717, 1.165) is 29.3 Å². The van der Waals surface area contributed by atoms with Crippen LogP contribution in [0.3, 0.4) is 0 Å². The molecule has 1 aromatic heterocycles. The molecule has 0 saturated carbocycles. The third kappa shape index (κ3) is 2.29. The van der Waals surface area contributed by atoms with Gasteiger partial charge in [0.15, 0.2) is 5.69 Å². The maximum atomic E-state index is 11.3. The van der Waals surface area contributed by atoms with Crippen LogP contribution in [0.4, 0.5) is 0 Å². The van der Waals surface area contributed by atoms with Crippen molar-refractivity contribution in [1.29, 1.82) is 0 Å². The fourth-order valence-corrected chi connectivity index (χ4v) is 1.94. The van der Waals surface area contributed by atoms with E-state index in [1.54, 1.807) is 7.11 Å². The molecule has 5 heteroatoms. The summed E-state index contributed by atoms with van der Waals surface area (Å²) in [6.07, 6.45) is 1.74. The number of fused-ring (bicyclic) bond motifs is 1. The number of methoxy groups -OCH3 is 1. The van der Waals surface area contributed by atoms with E-state index in [9.17, 15) is 4.79 Å². The number of ether oxygens (including phenoxy) is 1. The zero-order valence-corrected chi connectivity index (χ0v) is 9.69. The predicted molar refractivity (Wildman–Crippen MR) is 64.8 cm³/mol. The van der Waals surface area contributed by atoms with Crippen molar-refractivity contribution < 1.29 is 9.53 Å². The number of aromatic amines is 1. The van der Waals surface area contributed by atoms with Crippen molar-refractivity contribution in [2.75, 3.05) is 13.7 Å². The van der Waals surface area contributed by atoms with Gasteiger partial charge in [0.1, 0.15) is 0 Å². The molecule has 0 unspecified atom stereocenters. The number of nitrogens with zero attached hydrogens (tertiary/aromatic N) is 1. The van der Waals surface area contributed by atoms with Crippen molar-refractivity contribution in [1.82, 2.24) is 10.2 Å². The first-order chi connectivity index (χ1) is 8.24. The Balaban J connectivity index is 2.39.